The summed E-state index contributed by atoms with van der Waals surface area (Å²) in [4.78, 5) is 19.8. The maximum absolute atomic E-state index is 13.4. The third kappa shape index (κ3) is 2.84. The van der Waals surface area contributed by atoms with Gasteiger partial charge in [0.15, 0.2) is 0 Å². The first-order valence-corrected chi connectivity index (χ1v) is 10.2. The molecule has 4 saturated carbocycles. The Kier molecular flexibility index (Phi) is 3.76. The highest BCUT2D eigenvalue weighted by Gasteiger charge is 2.55. The number of rotatable bonds is 3. The van der Waals surface area contributed by atoms with Crippen molar-refractivity contribution in [1.82, 2.24) is 9.88 Å². The first-order chi connectivity index (χ1) is 12.2. The van der Waals surface area contributed by atoms with Gasteiger partial charge in [0.1, 0.15) is 0 Å². The Hall–Kier alpha value is -1.58. The van der Waals surface area contributed by atoms with Crippen LogP contribution >= 0.6 is 0 Å². The molecule has 0 spiro atoms. The molecule has 25 heavy (non-hydrogen) atoms. The van der Waals surface area contributed by atoms with Crippen LogP contribution in [0.1, 0.15) is 51.4 Å². The molecule has 134 valence electrons. The Labute approximate surface area is 150 Å². The largest absolute Gasteiger partial charge is 0.381 e. The fourth-order valence-electron chi connectivity index (χ4n) is 6.62. The first-order valence-electron chi connectivity index (χ1n) is 10.2. The highest BCUT2D eigenvalue weighted by atomic mass is 16.2. The van der Waals surface area contributed by atoms with Crippen molar-refractivity contribution in [2.75, 3.05) is 18.4 Å². The van der Waals surface area contributed by atoms with E-state index < -0.39 is 0 Å². The van der Waals surface area contributed by atoms with Gasteiger partial charge in [-0.1, -0.05) is 0 Å². The van der Waals surface area contributed by atoms with Crippen LogP contribution in [0.25, 0.3) is 0 Å². The summed E-state index contributed by atoms with van der Waals surface area (Å²) in [6.45, 7) is 1.83. The van der Waals surface area contributed by atoms with Gasteiger partial charge in [-0.2, -0.15) is 0 Å². The summed E-state index contributed by atoms with van der Waals surface area (Å²) in [6, 6.07) is 4.50. The molecule has 1 saturated heterocycles. The Balaban J connectivity index is 1.22. The van der Waals surface area contributed by atoms with E-state index in [4.69, 9.17) is 0 Å². The van der Waals surface area contributed by atoms with Crippen LogP contribution in [-0.4, -0.2) is 34.9 Å². The van der Waals surface area contributed by atoms with Gasteiger partial charge in [0.05, 0.1) is 11.1 Å². The molecule has 0 radical (unpaired) electrons. The molecule has 0 aromatic carbocycles. The van der Waals surface area contributed by atoms with Crippen molar-refractivity contribution in [3.8, 4) is 0 Å². The van der Waals surface area contributed by atoms with Crippen LogP contribution in [-0.2, 0) is 4.79 Å². The lowest BCUT2D eigenvalue weighted by Gasteiger charge is -2.57. The van der Waals surface area contributed by atoms with Gasteiger partial charge in [0.25, 0.3) is 0 Å². The number of aromatic nitrogens is 1. The quantitative estimate of drug-likeness (QED) is 0.913. The van der Waals surface area contributed by atoms with Crippen LogP contribution < -0.4 is 5.32 Å². The van der Waals surface area contributed by atoms with E-state index in [1.54, 1.807) is 6.20 Å². The van der Waals surface area contributed by atoms with Gasteiger partial charge in [0.2, 0.25) is 5.91 Å². The number of likely N-dealkylation sites (tertiary alicyclic amines) is 1. The number of anilines is 1. The second-order valence-electron chi connectivity index (χ2n) is 9.15. The number of hydrogen-bond donors (Lipinski definition) is 1. The standard InChI is InChI=1S/C21H29N3O/c25-20(21-11-15-8-16(12-21)10-17(9-15)13-21)24-6-3-18(4-7-24)23-19-2-1-5-22-14-19/h1-2,5,14-18,23H,3-4,6-13H2. The molecule has 1 aliphatic heterocycles. The Morgan fingerprint density at radius 3 is 2.28 bits per heavy atom. The summed E-state index contributed by atoms with van der Waals surface area (Å²) in [6.07, 6.45) is 13.6. The van der Waals surface area contributed by atoms with E-state index in [0.717, 1.165) is 49.4 Å². The number of carbonyl (C=O) groups excluding carboxylic acids is 1. The molecule has 4 aliphatic carbocycles. The van der Waals surface area contributed by atoms with Gasteiger partial charge in [-0.05, 0) is 81.3 Å². The number of amides is 1. The second-order valence-corrected chi connectivity index (χ2v) is 9.15. The summed E-state index contributed by atoms with van der Waals surface area (Å²) >= 11 is 0. The van der Waals surface area contributed by atoms with Gasteiger partial charge >= 0.3 is 0 Å². The lowest BCUT2D eigenvalue weighted by Crippen LogP contribution is -2.56. The van der Waals surface area contributed by atoms with Crippen molar-refractivity contribution in [3.63, 3.8) is 0 Å². The van der Waals surface area contributed by atoms with E-state index in [9.17, 15) is 4.79 Å². The monoisotopic (exact) mass is 339 g/mol. The van der Waals surface area contributed by atoms with Gasteiger partial charge in [0, 0.05) is 31.5 Å². The SMILES string of the molecule is O=C(N1CCC(Nc2cccnc2)CC1)C12CC3CC(CC(C3)C1)C2. The fraction of sp³-hybridized carbons (Fsp3) is 0.714. The maximum Gasteiger partial charge on any atom is 0.228 e. The average Bonchev–Trinajstić information content (AvgIpc) is 2.61. The molecule has 4 nitrogen and oxygen atoms in total. The van der Waals surface area contributed by atoms with Crippen LogP contribution in [0.3, 0.4) is 0 Å². The number of pyridine rings is 1. The fourth-order valence-corrected chi connectivity index (χ4v) is 6.62. The molecule has 5 fully saturated rings. The van der Waals surface area contributed by atoms with E-state index in [1.807, 2.05) is 12.3 Å². The Bertz CT molecular complexity index is 601. The lowest BCUT2D eigenvalue weighted by atomic mass is 9.49. The van der Waals surface area contributed by atoms with Crippen molar-refractivity contribution in [1.29, 1.82) is 0 Å². The maximum atomic E-state index is 13.4. The van der Waals surface area contributed by atoms with Crippen molar-refractivity contribution in [2.24, 2.45) is 23.2 Å². The molecule has 5 aliphatic rings. The predicted octanol–water partition coefficient (Wildman–Crippen LogP) is 3.70. The zero-order valence-electron chi connectivity index (χ0n) is 15.0. The molecular weight excluding hydrogens is 310 g/mol. The van der Waals surface area contributed by atoms with Crippen LogP contribution in [0.2, 0.25) is 0 Å². The molecule has 6 rings (SSSR count). The molecule has 0 atom stereocenters. The van der Waals surface area contributed by atoms with Gasteiger partial charge < -0.3 is 10.2 Å². The summed E-state index contributed by atoms with van der Waals surface area (Å²) in [5.74, 6) is 3.05. The third-order valence-electron chi connectivity index (χ3n) is 7.31. The number of piperidine rings is 1. The van der Waals surface area contributed by atoms with Gasteiger partial charge in [-0.3, -0.25) is 9.78 Å². The second kappa shape index (κ2) is 6.00. The molecular formula is C21H29N3O. The highest BCUT2D eigenvalue weighted by molar-refractivity contribution is 5.83. The first kappa shape index (κ1) is 15.7. The van der Waals surface area contributed by atoms with E-state index in [2.05, 4.69) is 21.3 Å². The molecule has 1 amide bonds. The van der Waals surface area contributed by atoms with E-state index in [0.29, 0.717) is 11.9 Å². The van der Waals surface area contributed by atoms with Crippen LogP contribution in [0, 0.1) is 23.2 Å². The number of carbonyl (C=O) groups is 1. The van der Waals surface area contributed by atoms with E-state index in [1.165, 1.54) is 38.5 Å². The van der Waals surface area contributed by atoms with E-state index in [-0.39, 0.29) is 5.41 Å². The summed E-state index contributed by atoms with van der Waals surface area (Å²) < 4.78 is 0. The zero-order chi connectivity index (χ0) is 16.9. The minimum absolute atomic E-state index is 0.0262. The third-order valence-corrected chi connectivity index (χ3v) is 7.31. The highest BCUT2D eigenvalue weighted by Crippen LogP contribution is 2.60. The van der Waals surface area contributed by atoms with Crippen molar-refractivity contribution in [3.05, 3.63) is 24.5 Å². The molecule has 4 bridgehead atoms. The van der Waals surface area contributed by atoms with Crippen molar-refractivity contribution < 1.29 is 4.79 Å². The summed E-state index contributed by atoms with van der Waals surface area (Å²) in [5, 5.41) is 3.58. The average molecular weight is 339 g/mol. The van der Waals surface area contributed by atoms with Gasteiger partial charge in [-0.15, -0.1) is 0 Å². The van der Waals surface area contributed by atoms with Crippen molar-refractivity contribution >= 4 is 11.6 Å². The summed E-state index contributed by atoms with van der Waals surface area (Å²) in [7, 11) is 0. The normalized spacial score (nSPS) is 37.3. The number of nitrogens with zero attached hydrogens (tertiary/aromatic N) is 2. The van der Waals surface area contributed by atoms with Crippen LogP contribution in [0.15, 0.2) is 24.5 Å². The van der Waals surface area contributed by atoms with Crippen LogP contribution in [0.5, 0.6) is 0 Å². The lowest BCUT2D eigenvalue weighted by molar-refractivity contribution is -0.158. The molecule has 1 aromatic heterocycles. The Morgan fingerprint density at radius 1 is 1.08 bits per heavy atom. The number of hydrogen-bond acceptors (Lipinski definition) is 3. The Morgan fingerprint density at radius 2 is 1.72 bits per heavy atom. The molecule has 2 heterocycles. The van der Waals surface area contributed by atoms with Crippen LogP contribution in [0.4, 0.5) is 5.69 Å². The minimum atomic E-state index is 0.0262. The van der Waals surface area contributed by atoms with Gasteiger partial charge in [-0.25, -0.2) is 0 Å². The molecule has 4 heteroatoms. The minimum Gasteiger partial charge on any atom is -0.381 e. The van der Waals surface area contributed by atoms with E-state index >= 15 is 0 Å². The van der Waals surface area contributed by atoms with Crippen molar-refractivity contribution in [2.45, 2.75) is 57.4 Å². The molecule has 1 N–H and O–H groups in total. The molecule has 1 aromatic rings. The number of nitrogens with one attached hydrogen (secondary N) is 1. The predicted molar refractivity (Wildman–Crippen MR) is 98.1 cm³/mol. The summed E-state index contributed by atoms with van der Waals surface area (Å²) in [5.41, 5.74) is 1.12. The molecule has 0 unspecified atom stereocenters. The zero-order valence-corrected chi connectivity index (χ0v) is 15.0. The topological polar surface area (TPSA) is 45.2 Å². The smallest absolute Gasteiger partial charge is 0.228 e.